The summed E-state index contributed by atoms with van der Waals surface area (Å²) in [5.74, 6) is -1.61. The maximum Gasteiger partial charge on any atom is 1.00 e. The Labute approximate surface area is 173 Å². The van der Waals surface area contributed by atoms with E-state index in [0.29, 0.717) is 6.42 Å². The zero-order valence-corrected chi connectivity index (χ0v) is 15.9. The van der Waals surface area contributed by atoms with E-state index in [1.54, 1.807) is 0 Å². The Morgan fingerprint density at radius 3 is 2.64 bits per heavy atom. The number of hydrogen-bond donors (Lipinski definition) is 0. The van der Waals surface area contributed by atoms with Gasteiger partial charge in [-0.25, -0.2) is 9.69 Å². The molecule has 114 valence electrons. The summed E-state index contributed by atoms with van der Waals surface area (Å²) in [6, 6.07) is 9.18. The van der Waals surface area contributed by atoms with Crippen LogP contribution in [0, 0.1) is 5.92 Å². The van der Waals surface area contributed by atoms with Crippen LogP contribution in [0.5, 0.6) is 0 Å². The Kier molecular flexibility index (Phi) is 8.44. The summed E-state index contributed by atoms with van der Waals surface area (Å²) in [5.41, 5.74) is 0.838. The molecule has 1 aliphatic heterocycles. The molecule has 1 aromatic rings. The molecule has 0 spiro atoms. The number of likely N-dealkylation sites (tertiary alicyclic amines) is 1. The largest absolute Gasteiger partial charge is 1.00 e. The molecule has 22 heavy (non-hydrogen) atoms. The molecule has 0 aromatic heterocycles. The standard InChI is InChI=1S/C15H17NO5.K.H/c1-20-10-13(17)12-7-8-16(14(12)18)15(19)21-9-11-5-3-2-4-6-11;;/h2-6,12H,7-10H2,1H3;;/q;+1;-1. The minimum atomic E-state index is -0.797. The minimum Gasteiger partial charge on any atom is -1.00 e. The van der Waals surface area contributed by atoms with Crippen molar-refractivity contribution in [3.05, 3.63) is 35.9 Å². The van der Waals surface area contributed by atoms with Gasteiger partial charge >= 0.3 is 57.5 Å². The van der Waals surface area contributed by atoms with Crippen molar-refractivity contribution in [2.45, 2.75) is 13.0 Å². The summed E-state index contributed by atoms with van der Waals surface area (Å²) < 4.78 is 9.82. The zero-order chi connectivity index (χ0) is 15.2. The van der Waals surface area contributed by atoms with Gasteiger partial charge in [-0.05, 0) is 12.0 Å². The molecule has 0 radical (unpaired) electrons. The summed E-state index contributed by atoms with van der Waals surface area (Å²) in [4.78, 5) is 36.6. The normalized spacial score (nSPS) is 17.0. The van der Waals surface area contributed by atoms with Crippen molar-refractivity contribution in [3.8, 4) is 0 Å². The van der Waals surface area contributed by atoms with Gasteiger partial charge in [0.2, 0.25) is 5.91 Å². The van der Waals surface area contributed by atoms with E-state index in [1.807, 2.05) is 30.3 Å². The van der Waals surface area contributed by atoms with E-state index in [1.165, 1.54) is 7.11 Å². The maximum atomic E-state index is 12.0. The van der Waals surface area contributed by atoms with E-state index < -0.39 is 17.9 Å². The fourth-order valence-corrected chi connectivity index (χ4v) is 2.20. The van der Waals surface area contributed by atoms with E-state index in [0.717, 1.165) is 10.5 Å². The third-order valence-electron chi connectivity index (χ3n) is 3.31. The molecular formula is C15H18KNO5. The Hall–Kier alpha value is -0.574. The number of rotatable bonds is 5. The van der Waals surface area contributed by atoms with Gasteiger partial charge < -0.3 is 10.9 Å². The number of ketones is 1. The van der Waals surface area contributed by atoms with E-state index in [4.69, 9.17) is 9.47 Å². The van der Waals surface area contributed by atoms with Gasteiger partial charge in [0.1, 0.15) is 19.1 Å². The quantitative estimate of drug-likeness (QED) is 0.485. The van der Waals surface area contributed by atoms with Crippen LogP contribution in [0.2, 0.25) is 0 Å². The molecule has 6 nitrogen and oxygen atoms in total. The minimum absolute atomic E-state index is 0. The number of benzene rings is 1. The molecule has 0 saturated carbocycles. The predicted octanol–water partition coefficient (Wildman–Crippen LogP) is -1.50. The first-order valence-corrected chi connectivity index (χ1v) is 6.67. The molecule has 7 heteroatoms. The fraction of sp³-hybridized carbons (Fsp3) is 0.400. The van der Waals surface area contributed by atoms with Crippen LogP contribution in [-0.2, 0) is 25.7 Å². The van der Waals surface area contributed by atoms with Crippen LogP contribution in [0.15, 0.2) is 30.3 Å². The van der Waals surface area contributed by atoms with Gasteiger partial charge in [-0.1, -0.05) is 30.3 Å². The van der Waals surface area contributed by atoms with Crippen molar-refractivity contribution < 1.29 is 76.7 Å². The first-order chi connectivity index (χ1) is 10.1. The number of methoxy groups -OCH3 is 1. The van der Waals surface area contributed by atoms with Crippen LogP contribution in [0.4, 0.5) is 4.79 Å². The van der Waals surface area contributed by atoms with E-state index in [9.17, 15) is 14.4 Å². The number of ether oxygens (including phenoxy) is 2. The Morgan fingerprint density at radius 1 is 1.32 bits per heavy atom. The Balaban J connectivity index is 0.00000242. The van der Waals surface area contributed by atoms with Gasteiger partial charge in [0.25, 0.3) is 0 Å². The molecule has 1 aliphatic rings. The van der Waals surface area contributed by atoms with Crippen molar-refractivity contribution in [3.63, 3.8) is 0 Å². The van der Waals surface area contributed by atoms with Crippen molar-refractivity contribution in [2.24, 2.45) is 5.92 Å². The molecule has 1 heterocycles. The molecule has 2 rings (SSSR count). The van der Waals surface area contributed by atoms with Crippen molar-refractivity contribution >= 4 is 17.8 Å². The smallest absolute Gasteiger partial charge is 1.00 e. The zero-order valence-electron chi connectivity index (χ0n) is 13.8. The van der Waals surface area contributed by atoms with Crippen LogP contribution >= 0.6 is 0 Å². The number of Topliss-reactive ketones (excluding diaryl/α,β-unsaturated/α-hetero) is 1. The third-order valence-corrected chi connectivity index (χ3v) is 3.31. The van der Waals surface area contributed by atoms with Gasteiger partial charge in [0, 0.05) is 13.7 Å². The van der Waals surface area contributed by atoms with E-state index in [2.05, 4.69) is 0 Å². The molecule has 0 N–H and O–H groups in total. The van der Waals surface area contributed by atoms with Gasteiger partial charge in [0.05, 0.1) is 0 Å². The van der Waals surface area contributed by atoms with Gasteiger partial charge in [0.15, 0.2) is 5.78 Å². The summed E-state index contributed by atoms with van der Waals surface area (Å²) in [5, 5.41) is 0. The van der Waals surface area contributed by atoms with Crippen molar-refractivity contribution in [1.29, 1.82) is 0 Å². The first-order valence-electron chi connectivity index (χ1n) is 6.67. The third kappa shape index (κ3) is 4.97. The average Bonchev–Trinajstić information content (AvgIpc) is 2.88. The van der Waals surface area contributed by atoms with Crippen molar-refractivity contribution in [1.82, 2.24) is 4.90 Å². The number of amides is 2. The van der Waals surface area contributed by atoms with E-state index in [-0.39, 0.29) is 78.4 Å². The maximum absolute atomic E-state index is 12.0. The predicted molar refractivity (Wildman–Crippen MR) is 74.4 cm³/mol. The molecule has 1 aromatic carbocycles. The van der Waals surface area contributed by atoms with Crippen molar-refractivity contribution in [2.75, 3.05) is 20.3 Å². The second-order valence-corrected chi connectivity index (χ2v) is 4.77. The molecule has 2 amide bonds. The molecule has 1 unspecified atom stereocenters. The Bertz CT molecular complexity index is 540. The molecular weight excluding hydrogens is 313 g/mol. The number of hydrogen-bond acceptors (Lipinski definition) is 5. The van der Waals surface area contributed by atoms with Crippen LogP contribution in [0.3, 0.4) is 0 Å². The number of carbonyl (C=O) groups is 3. The number of imide groups is 1. The van der Waals surface area contributed by atoms with Crippen LogP contribution in [0.25, 0.3) is 0 Å². The Morgan fingerprint density at radius 2 is 2.00 bits per heavy atom. The number of carbonyl (C=O) groups excluding carboxylic acids is 3. The summed E-state index contributed by atoms with van der Waals surface area (Å²) in [7, 11) is 1.39. The topological polar surface area (TPSA) is 72.9 Å². The SMILES string of the molecule is COCC(=O)C1CCN(C(=O)OCc2ccccc2)C1=O.[H-].[K+]. The van der Waals surface area contributed by atoms with E-state index >= 15 is 0 Å². The van der Waals surface area contributed by atoms with Crippen LogP contribution < -0.4 is 51.4 Å². The molecule has 1 saturated heterocycles. The monoisotopic (exact) mass is 331 g/mol. The number of nitrogens with zero attached hydrogens (tertiary/aromatic N) is 1. The van der Waals surface area contributed by atoms with Gasteiger partial charge in [-0.15, -0.1) is 0 Å². The van der Waals surface area contributed by atoms with Crippen LogP contribution in [-0.4, -0.2) is 42.9 Å². The molecule has 1 fully saturated rings. The second kappa shape index (κ2) is 9.54. The summed E-state index contributed by atoms with van der Waals surface area (Å²) >= 11 is 0. The summed E-state index contributed by atoms with van der Waals surface area (Å²) in [6.07, 6.45) is -0.391. The fourth-order valence-electron chi connectivity index (χ4n) is 2.20. The second-order valence-electron chi connectivity index (χ2n) is 4.77. The molecule has 0 bridgehead atoms. The van der Waals surface area contributed by atoms with Crippen LogP contribution in [0.1, 0.15) is 13.4 Å². The first kappa shape index (κ1) is 19.5. The van der Waals surface area contributed by atoms with Gasteiger partial charge in [-0.2, -0.15) is 0 Å². The summed E-state index contributed by atoms with van der Waals surface area (Å²) in [6.45, 7) is 0.177. The molecule has 0 aliphatic carbocycles. The average molecular weight is 331 g/mol. The molecule has 1 atom stereocenters. The van der Waals surface area contributed by atoms with Gasteiger partial charge in [-0.3, -0.25) is 9.59 Å².